The van der Waals surface area contributed by atoms with Crippen molar-refractivity contribution < 1.29 is 36.6 Å². The van der Waals surface area contributed by atoms with Gasteiger partial charge in [-0.05, 0) is 107 Å². The first-order valence-corrected chi connectivity index (χ1v) is 19.9. The zero-order valence-corrected chi connectivity index (χ0v) is 32.1. The number of aromatic nitrogens is 2. The number of aryl methyl sites for hydroxylation is 1. The molecular formula is C37H57Cl2F4N5O4. The number of hydrogen-bond acceptors (Lipinski definition) is 5. The van der Waals surface area contributed by atoms with E-state index in [2.05, 4.69) is 10.6 Å². The first kappa shape index (κ1) is 41.3. The lowest BCUT2D eigenvalue weighted by molar-refractivity contribution is -0.209. The van der Waals surface area contributed by atoms with Gasteiger partial charge in [0.05, 0.1) is 23.5 Å². The van der Waals surface area contributed by atoms with E-state index in [0.717, 1.165) is 19.3 Å². The number of methoxy groups -OCH3 is 2. The highest BCUT2D eigenvalue weighted by Crippen LogP contribution is 2.50. The van der Waals surface area contributed by atoms with Gasteiger partial charge in [-0.2, -0.15) is 13.2 Å². The fourth-order valence-corrected chi connectivity index (χ4v) is 10.3. The predicted molar refractivity (Wildman–Crippen MR) is 190 cm³/mol. The molecule has 2 amide bonds. The van der Waals surface area contributed by atoms with Crippen LogP contribution in [0.5, 0.6) is 0 Å². The molecule has 4 aliphatic rings. The lowest BCUT2D eigenvalue weighted by Gasteiger charge is -2.44. The fraction of sp³-hybridized carbons (Fsp3) is 0.865. The molecular weight excluding hydrogens is 725 g/mol. The van der Waals surface area contributed by atoms with Crippen molar-refractivity contribution in [3.63, 3.8) is 0 Å². The fourth-order valence-electron chi connectivity index (χ4n) is 9.75. The van der Waals surface area contributed by atoms with Gasteiger partial charge in [-0.25, -0.2) is 4.39 Å². The third-order valence-corrected chi connectivity index (χ3v) is 13.8. The highest BCUT2D eigenvalue weighted by Gasteiger charge is 2.52. The van der Waals surface area contributed by atoms with E-state index in [-0.39, 0.29) is 83.8 Å². The number of hydrogen-bond donors (Lipinski definition) is 3. The molecule has 1 aromatic rings. The lowest BCUT2D eigenvalue weighted by atomic mass is 9.63. The van der Waals surface area contributed by atoms with Crippen LogP contribution in [0.15, 0.2) is 12.4 Å². The number of rotatable bonds is 12. The highest BCUT2D eigenvalue weighted by molar-refractivity contribution is 6.30. The summed E-state index contributed by atoms with van der Waals surface area (Å²) in [5.41, 5.74) is 0.259. The molecule has 4 aliphatic carbocycles. The summed E-state index contributed by atoms with van der Waals surface area (Å²) < 4.78 is 72.0. The van der Waals surface area contributed by atoms with E-state index < -0.39 is 48.5 Å². The maximum absolute atomic E-state index is 14.4. The molecule has 0 radical (unpaired) electrons. The van der Waals surface area contributed by atoms with Crippen molar-refractivity contribution in [3.05, 3.63) is 18.0 Å². The Bertz CT molecular complexity index is 1380. The van der Waals surface area contributed by atoms with Gasteiger partial charge < -0.3 is 29.2 Å². The maximum Gasteiger partial charge on any atom is 0.392 e. The zero-order valence-electron chi connectivity index (χ0n) is 30.6. The van der Waals surface area contributed by atoms with Crippen LogP contribution in [0.4, 0.5) is 17.6 Å². The topological polar surface area (TPSA) is 110 Å². The normalized spacial score (nSPS) is 36.6. The van der Waals surface area contributed by atoms with Crippen LogP contribution in [0.3, 0.4) is 0 Å². The Morgan fingerprint density at radius 2 is 1.63 bits per heavy atom. The Hall–Kier alpha value is -1.83. The van der Waals surface area contributed by atoms with Crippen molar-refractivity contribution in [1.82, 2.24) is 19.8 Å². The van der Waals surface area contributed by atoms with Crippen molar-refractivity contribution in [2.24, 2.45) is 48.5 Å². The Kier molecular flexibility index (Phi) is 14.5. The van der Waals surface area contributed by atoms with Gasteiger partial charge in [-0.3, -0.25) is 15.0 Å². The average molecular weight is 783 g/mol. The third-order valence-electron chi connectivity index (χ3n) is 12.6. The van der Waals surface area contributed by atoms with Crippen molar-refractivity contribution in [2.75, 3.05) is 20.8 Å². The molecule has 3 N–H and O–H groups in total. The molecule has 12 unspecified atom stereocenters. The number of ether oxygens (including phenoxy) is 2. The van der Waals surface area contributed by atoms with E-state index in [4.69, 9.17) is 38.1 Å². The third kappa shape index (κ3) is 10.7. The van der Waals surface area contributed by atoms with Gasteiger partial charge >= 0.3 is 6.18 Å². The molecule has 0 aromatic carbocycles. The van der Waals surface area contributed by atoms with Crippen LogP contribution < -0.4 is 16.3 Å². The van der Waals surface area contributed by atoms with Crippen LogP contribution in [0.2, 0.25) is 0 Å². The van der Waals surface area contributed by atoms with Crippen LogP contribution in [0.1, 0.15) is 83.5 Å². The Labute approximate surface area is 314 Å². The van der Waals surface area contributed by atoms with Crippen LogP contribution in [0.25, 0.3) is 0 Å². The molecule has 15 heteroatoms. The van der Waals surface area contributed by atoms with Gasteiger partial charge in [-0.15, -0.1) is 23.2 Å². The second kappa shape index (κ2) is 18.2. The summed E-state index contributed by atoms with van der Waals surface area (Å²) in [4.78, 5) is 27.8. The van der Waals surface area contributed by atoms with Crippen LogP contribution >= 0.6 is 23.2 Å². The first-order chi connectivity index (χ1) is 24.6. The Morgan fingerprint density at radius 1 is 0.923 bits per heavy atom. The number of halogens is 6. The molecule has 0 bridgehead atoms. The standard InChI is InChI=1S/C37H57Cl2F4N5O4/c1-47-8-9-48(36(47)44)20-22-10-24(29-6-5-26(40)16-30(29)37(41,42)43)14-25(11-22)35(50)46-33(23-4-7-31(38)32(39)15-23)18-34(49)45-19-21-12-27(51-2)17-28(13-21)52-3/h8-9,21-33,44H,4-7,10-20H2,1-3H3,(H,45,49)(H,46,50). The summed E-state index contributed by atoms with van der Waals surface area (Å²) in [6.45, 7) is 0.845. The molecule has 0 spiro atoms. The Balaban J connectivity index is 1.32. The van der Waals surface area contributed by atoms with Gasteiger partial charge in [0, 0.05) is 70.5 Å². The van der Waals surface area contributed by atoms with Gasteiger partial charge in [0.25, 0.3) is 0 Å². The molecule has 9 nitrogen and oxygen atoms in total. The monoisotopic (exact) mass is 781 g/mol. The van der Waals surface area contributed by atoms with E-state index in [1.54, 1.807) is 42.8 Å². The minimum absolute atomic E-state index is 0.0411. The molecule has 52 heavy (non-hydrogen) atoms. The number of nitrogens with one attached hydrogen (secondary N) is 3. The highest BCUT2D eigenvalue weighted by atomic mass is 35.5. The number of carbonyl (C=O) groups excluding carboxylic acids is 2. The van der Waals surface area contributed by atoms with Crippen molar-refractivity contribution >= 4 is 35.0 Å². The van der Waals surface area contributed by atoms with Gasteiger partial charge in [-0.1, -0.05) is 0 Å². The molecule has 4 fully saturated rings. The molecule has 1 heterocycles. The summed E-state index contributed by atoms with van der Waals surface area (Å²) in [6.07, 6.45) is 2.72. The van der Waals surface area contributed by atoms with E-state index in [9.17, 15) is 27.2 Å². The minimum Gasteiger partial charge on any atom is -0.381 e. The van der Waals surface area contributed by atoms with Gasteiger partial charge in [0.2, 0.25) is 17.4 Å². The van der Waals surface area contributed by atoms with Crippen LogP contribution in [-0.4, -0.2) is 83.1 Å². The Morgan fingerprint density at radius 3 is 2.25 bits per heavy atom. The summed E-state index contributed by atoms with van der Waals surface area (Å²) in [7, 11) is 5.11. The molecule has 5 rings (SSSR count). The predicted octanol–water partition coefficient (Wildman–Crippen LogP) is 6.49. The first-order valence-electron chi connectivity index (χ1n) is 19.0. The number of amides is 2. The van der Waals surface area contributed by atoms with E-state index in [1.165, 1.54) is 0 Å². The van der Waals surface area contributed by atoms with Gasteiger partial charge in [0.1, 0.15) is 6.17 Å². The van der Waals surface area contributed by atoms with Gasteiger partial charge in [0.15, 0.2) is 0 Å². The average Bonchev–Trinajstić information content (AvgIpc) is 3.42. The summed E-state index contributed by atoms with van der Waals surface area (Å²) >= 11 is 13.1. The zero-order chi connectivity index (χ0) is 37.7. The maximum atomic E-state index is 14.4. The molecule has 0 saturated heterocycles. The number of carbonyl (C=O) groups is 2. The van der Waals surface area contributed by atoms with Crippen molar-refractivity contribution in [1.29, 1.82) is 5.41 Å². The lowest BCUT2D eigenvalue weighted by Crippen LogP contribution is -2.50. The number of imidazole rings is 1. The quantitative estimate of drug-likeness (QED) is 0.166. The number of nitrogens with zero attached hydrogens (tertiary/aromatic N) is 2. The van der Waals surface area contributed by atoms with E-state index >= 15 is 0 Å². The smallest absolute Gasteiger partial charge is 0.381 e. The molecule has 12 atom stereocenters. The van der Waals surface area contributed by atoms with Crippen molar-refractivity contribution in [2.45, 2.75) is 131 Å². The summed E-state index contributed by atoms with van der Waals surface area (Å²) in [5.74, 6) is -4.14. The van der Waals surface area contributed by atoms with Crippen LogP contribution in [-0.2, 0) is 32.7 Å². The second-order valence-corrected chi connectivity index (χ2v) is 17.3. The van der Waals surface area contributed by atoms with E-state index in [0.29, 0.717) is 45.2 Å². The molecule has 296 valence electrons. The SMILES string of the molecule is COC1CC(CNC(=O)CC(NC(=O)C2CC(Cn3ccn(C)c3=N)CC(C3CCC(F)CC3C(F)(F)F)C2)C2CCC(Cl)C(Cl)C2)CC(OC)C1. The number of alkyl halides is 6. The molecule has 4 saturated carbocycles. The molecule has 1 aromatic heterocycles. The summed E-state index contributed by atoms with van der Waals surface area (Å²) in [5, 5.41) is 14.2. The molecule has 0 aliphatic heterocycles. The summed E-state index contributed by atoms with van der Waals surface area (Å²) in [6, 6.07) is -0.533. The second-order valence-electron chi connectivity index (χ2n) is 16.2. The largest absolute Gasteiger partial charge is 0.392 e. The van der Waals surface area contributed by atoms with E-state index in [1.807, 2.05) is 0 Å². The van der Waals surface area contributed by atoms with Crippen molar-refractivity contribution in [3.8, 4) is 0 Å². The van der Waals surface area contributed by atoms with Crippen LogP contribution in [0, 0.1) is 46.8 Å². The minimum atomic E-state index is -4.53.